The SMILES string of the molecule is CSc1ccc(C(=O)C(C)[C@H](C)CCc2cc(C)c(OC(C)(C)C(=O)O)c(C)c2)cc1. The summed E-state index contributed by atoms with van der Waals surface area (Å²) in [5, 5.41) is 9.34. The molecule has 0 aliphatic carbocycles. The van der Waals surface area contributed by atoms with Crippen molar-refractivity contribution in [2.24, 2.45) is 11.8 Å². The Hall–Kier alpha value is -2.27. The molecule has 31 heavy (non-hydrogen) atoms. The molecule has 168 valence electrons. The average Bonchev–Trinajstić information content (AvgIpc) is 2.73. The predicted octanol–water partition coefficient (Wildman–Crippen LogP) is 6.36. The summed E-state index contributed by atoms with van der Waals surface area (Å²) in [5.74, 6) is 0.0102. The quantitative estimate of drug-likeness (QED) is 0.343. The van der Waals surface area contributed by atoms with Crippen molar-refractivity contribution in [3.63, 3.8) is 0 Å². The molecule has 0 radical (unpaired) electrons. The fourth-order valence-electron chi connectivity index (χ4n) is 3.57. The summed E-state index contributed by atoms with van der Waals surface area (Å²) in [6.07, 6.45) is 3.78. The zero-order valence-electron chi connectivity index (χ0n) is 19.6. The van der Waals surface area contributed by atoms with E-state index in [1.54, 1.807) is 25.6 Å². The zero-order valence-corrected chi connectivity index (χ0v) is 20.4. The molecule has 0 amide bonds. The van der Waals surface area contributed by atoms with Gasteiger partial charge < -0.3 is 9.84 Å². The molecule has 0 spiro atoms. The number of carbonyl (C=O) groups excluding carboxylic acids is 1. The van der Waals surface area contributed by atoms with Gasteiger partial charge >= 0.3 is 5.97 Å². The lowest BCUT2D eigenvalue weighted by atomic mass is 9.84. The van der Waals surface area contributed by atoms with Gasteiger partial charge in [-0.15, -0.1) is 11.8 Å². The highest BCUT2D eigenvalue weighted by atomic mass is 32.2. The minimum Gasteiger partial charge on any atom is -0.478 e. The maximum Gasteiger partial charge on any atom is 0.347 e. The predicted molar refractivity (Wildman–Crippen MR) is 127 cm³/mol. The Morgan fingerprint density at radius 1 is 1.06 bits per heavy atom. The van der Waals surface area contributed by atoms with Crippen molar-refractivity contribution in [3.8, 4) is 5.75 Å². The third kappa shape index (κ3) is 6.36. The highest BCUT2D eigenvalue weighted by Gasteiger charge is 2.30. The van der Waals surface area contributed by atoms with Crippen LogP contribution in [0.4, 0.5) is 0 Å². The second-order valence-electron chi connectivity index (χ2n) is 8.87. The van der Waals surface area contributed by atoms with Crippen LogP contribution in [0.15, 0.2) is 41.3 Å². The van der Waals surface area contributed by atoms with Gasteiger partial charge in [-0.25, -0.2) is 4.79 Å². The number of benzene rings is 2. The van der Waals surface area contributed by atoms with Gasteiger partial charge in [-0.1, -0.05) is 38.1 Å². The van der Waals surface area contributed by atoms with E-state index < -0.39 is 11.6 Å². The van der Waals surface area contributed by atoms with Crippen molar-refractivity contribution in [3.05, 3.63) is 58.7 Å². The number of carboxylic acids is 1. The van der Waals surface area contributed by atoms with Crippen LogP contribution in [0.5, 0.6) is 5.75 Å². The summed E-state index contributed by atoms with van der Waals surface area (Å²) in [5.41, 5.74) is 2.51. The number of aryl methyl sites for hydroxylation is 3. The van der Waals surface area contributed by atoms with Gasteiger partial charge in [0.05, 0.1) is 0 Å². The van der Waals surface area contributed by atoms with Crippen LogP contribution < -0.4 is 4.74 Å². The summed E-state index contributed by atoms with van der Waals surface area (Å²) in [6, 6.07) is 11.9. The van der Waals surface area contributed by atoms with Gasteiger partial charge in [0, 0.05) is 16.4 Å². The zero-order chi connectivity index (χ0) is 23.3. The van der Waals surface area contributed by atoms with Gasteiger partial charge in [0.15, 0.2) is 11.4 Å². The largest absolute Gasteiger partial charge is 0.478 e. The Morgan fingerprint density at radius 2 is 1.61 bits per heavy atom. The normalized spacial score (nSPS) is 13.5. The van der Waals surface area contributed by atoms with E-state index in [-0.39, 0.29) is 17.6 Å². The van der Waals surface area contributed by atoms with Gasteiger partial charge in [-0.05, 0) is 81.5 Å². The van der Waals surface area contributed by atoms with Gasteiger partial charge in [0.25, 0.3) is 0 Å². The van der Waals surface area contributed by atoms with Crippen LogP contribution >= 0.6 is 11.8 Å². The smallest absolute Gasteiger partial charge is 0.347 e. The molecule has 0 bridgehead atoms. The van der Waals surface area contributed by atoms with Gasteiger partial charge in [-0.2, -0.15) is 0 Å². The molecule has 4 nitrogen and oxygen atoms in total. The molecule has 2 aromatic rings. The second kappa shape index (κ2) is 10.4. The first-order chi connectivity index (χ1) is 14.5. The lowest BCUT2D eigenvalue weighted by molar-refractivity contribution is -0.152. The molecule has 0 aliphatic heterocycles. The first-order valence-corrected chi connectivity index (χ1v) is 11.9. The highest BCUT2D eigenvalue weighted by Crippen LogP contribution is 2.30. The molecule has 1 unspecified atom stereocenters. The minimum atomic E-state index is -1.28. The Balaban J connectivity index is 2.04. The van der Waals surface area contributed by atoms with Crippen molar-refractivity contribution in [2.75, 3.05) is 6.26 Å². The number of hydrogen-bond acceptors (Lipinski definition) is 4. The average molecular weight is 443 g/mol. The Bertz CT molecular complexity index is 908. The lowest BCUT2D eigenvalue weighted by Crippen LogP contribution is -2.38. The fraction of sp³-hybridized carbons (Fsp3) is 0.462. The Kier molecular flexibility index (Phi) is 8.35. The number of ketones is 1. The van der Waals surface area contributed by atoms with Gasteiger partial charge in [-0.3, -0.25) is 4.79 Å². The van der Waals surface area contributed by atoms with Crippen LogP contribution in [0.25, 0.3) is 0 Å². The molecule has 5 heteroatoms. The molecule has 0 saturated carbocycles. The van der Waals surface area contributed by atoms with E-state index in [2.05, 4.69) is 19.1 Å². The summed E-state index contributed by atoms with van der Waals surface area (Å²) in [7, 11) is 0. The van der Waals surface area contributed by atoms with Crippen LogP contribution in [-0.4, -0.2) is 28.7 Å². The molecular weight excluding hydrogens is 408 g/mol. The van der Waals surface area contributed by atoms with Gasteiger partial charge in [0.2, 0.25) is 0 Å². The van der Waals surface area contributed by atoms with E-state index in [9.17, 15) is 14.7 Å². The maximum absolute atomic E-state index is 12.9. The number of carbonyl (C=O) groups is 2. The molecule has 0 heterocycles. The summed E-state index contributed by atoms with van der Waals surface area (Å²) in [6.45, 7) is 11.1. The molecular formula is C26H34O4S. The minimum absolute atomic E-state index is 0.0544. The molecule has 0 aromatic heterocycles. The van der Waals surface area contributed by atoms with Crippen LogP contribution in [0.1, 0.15) is 61.2 Å². The number of hydrogen-bond donors (Lipinski definition) is 1. The van der Waals surface area contributed by atoms with Crippen molar-refractivity contribution in [1.29, 1.82) is 0 Å². The van der Waals surface area contributed by atoms with E-state index in [1.165, 1.54) is 5.56 Å². The highest BCUT2D eigenvalue weighted by molar-refractivity contribution is 7.98. The number of carboxylic acid groups (broad SMARTS) is 1. The van der Waals surface area contributed by atoms with E-state index in [0.717, 1.165) is 34.4 Å². The fourth-order valence-corrected chi connectivity index (χ4v) is 3.97. The Morgan fingerprint density at radius 3 is 2.10 bits per heavy atom. The van der Waals surface area contributed by atoms with Crippen molar-refractivity contribution >= 4 is 23.5 Å². The van der Waals surface area contributed by atoms with E-state index in [4.69, 9.17) is 4.74 Å². The van der Waals surface area contributed by atoms with Crippen molar-refractivity contribution < 1.29 is 19.4 Å². The topological polar surface area (TPSA) is 63.6 Å². The van der Waals surface area contributed by atoms with Crippen LogP contribution in [-0.2, 0) is 11.2 Å². The number of Topliss-reactive ketones (excluding diaryl/α,β-unsaturated/α-hetero) is 1. The molecule has 0 fully saturated rings. The third-order valence-electron chi connectivity index (χ3n) is 5.92. The van der Waals surface area contributed by atoms with E-state index >= 15 is 0 Å². The Labute approximate surface area is 190 Å². The summed E-state index contributed by atoms with van der Waals surface area (Å²) >= 11 is 1.67. The van der Waals surface area contributed by atoms with Crippen LogP contribution in [0.2, 0.25) is 0 Å². The number of thioether (sulfide) groups is 1. The first kappa shape index (κ1) is 25.0. The van der Waals surface area contributed by atoms with Crippen molar-refractivity contribution in [2.45, 2.75) is 64.9 Å². The molecule has 2 rings (SSSR count). The van der Waals surface area contributed by atoms with Crippen LogP contribution in [0, 0.1) is 25.7 Å². The number of aliphatic carboxylic acids is 1. The molecule has 1 N–H and O–H groups in total. The van der Waals surface area contributed by atoms with Crippen LogP contribution in [0.3, 0.4) is 0 Å². The molecule has 0 aliphatic rings. The van der Waals surface area contributed by atoms with E-state index in [0.29, 0.717) is 5.75 Å². The standard InChI is InChI=1S/C26H34O4S/c1-16(19(4)23(27)21-10-12-22(31-7)13-11-21)8-9-20-14-17(2)24(18(3)15-20)30-26(5,6)25(28)29/h10-16,19H,8-9H2,1-7H3,(H,28,29)/t16-,19?/m1/s1. The second-order valence-corrected chi connectivity index (χ2v) is 9.75. The summed E-state index contributed by atoms with van der Waals surface area (Å²) < 4.78 is 5.79. The molecule has 2 atom stereocenters. The number of ether oxygens (including phenoxy) is 1. The summed E-state index contributed by atoms with van der Waals surface area (Å²) in [4.78, 5) is 25.4. The third-order valence-corrected chi connectivity index (χ3v) is 6.67. The van der Waals surface area contributed by atoms with Gasteiger partial charge in [0.1, 0.15) is 5.75 Å². The van der Waals surface area contributed by atoms with E-state index in [1.807, 2.05) is 51.3 Å². The van der Waals surface area contributed by atoms with Crippen molar-refractivity contribution in [1.82, 2.24) is 0 Å². The lowest BCUT2D eigenvalue weighted by Gasteiger charge is -2.25. The molecule has 2 aromatic carbocycles. The molecule has 0 saturated heterocycles. The number of rotatable bonds is 10. The first-order valence-electron chi connectivity index (χ1n) is 10.7. The maximum atomic E-state index is 12.9. The monoisotopic (exact) mass is 442 g/mol.